The number of hydrogen-bond donors (Lipinski definition) is 0. The highest BCUT2D eigenvalue weighted by molar-refractivity contribution is 7.98. The molecule has 82 valence electrons. The lowest BCUT2D eigenvalue weighted by Crippen LogP contribution is -1.89. The molecule has 0 aliphatic heterocycles. The van der Waals surface area contributed by atoms with E-state index in [0.717, 1.165) is 11.4 Å². The maximum absolute atomic E-state index is 5.67. The van der Waals surface area contributed by atoms with E-state index in [9.17, 15) is 0 Å². The highest BCUT2D eigenvalue weighted by atomic mass is 35.5. The van der Waals surface area contributed by atoms with Crippen LogP contribution in [0.2, 0.25) is 5.15 Å². The average Bonchev–Trinajstić information content (AvgIpc) is 2.28. The van der Waals surface area contributed by atoms with Crippen LogP contribution in [0.4, 0.5) is 0 Å². The van der Waals surface area contributed by atoms with Crippen LogP contribution in [0.5, 0.6) is 0 Å². The van der Waals surface area contributed by atoms with Crippen LogP contribution < -0.4 is 0 Å². The summed E-state index contributed by atoms with van der Waals surface area (Å²) in [7, 11) is 0. The van der Waals surface area contributed by atoms with Gasteiger partial charge in [-0.1, -0.05) is 29.3 Å². The van der Waals surface area contributed by atoms with E-state index >= 15 is 0 Å². The molecule has 1 aromatic heterocycles. The minimum absolute atomic E-state index is 0.435. The third-order valence-electron chi connectivity index (χ3n) is 2.06. The largest absolute Gasteiger partial charge is 0.153 e. The summed E-state index contributed by atoms with van der Waals surface area (Å²) in [6.07, 6.45) is 0. The first-order valence-electron chi connectivity index (χ1n) is 4.91. The molecule has 1 heterocycles. The van der Waals surface area contributed by atoms with E-state index < -0.39 is 0 Å². The number of halogens is 1. The second kappa shape index (κ2) is 5.32. The monoisotopic (exact) mass is 250 g/mol. The van der Waals surface area contributed by atoms with Crippen molar-refractivity contribution in [2.24, 2.45) is 0 Å². The summed E-state index contributed by atoms with van der Waals surface area (Å²) < 4.78 is 0. The van der Waals surface area contributed by atoms with Gasteiger partial charge in [0.25, 0.3) is 0 Å². The van der Waals surface area contributed by atoms with Gasteiger partial charge < -0.3 is 0 Å². The summed E-state index contributed by atoms with van der Waals surface area (Å²) in [5.41, 5.74) is 2.21. The van der Waals surface area contributed by atoms with Crippen LogP contribution in [0, 0.1) is 6.92 Å². The van der Waals surface area contributed by atoms with Crippen molar-refractivity contribution in [3.63, 3.8) is 0 Å². The fraction of sp³-hybridized carbons (Fsp3) is 0.167. The van der Waals surface area contributed by atoms with E-state index in [2.05, 4.69) is 41.4 Å². The Balaban J connectivity index is 1.99. The summed E-state index contributed by atoms with van der Waals surface area (Å²) in [4.78, 5) is 1.25. The zero-order chi connectivity index (χ0) is 11.4. The molecule has 0 unspecified atom stereocenters. The molecule has 0 spiro atoms. The highest BCUT2D eigenvalue weighted by Crippen LogP contribution is 2.22. The molecular weight excluding hydrogens is 240 g/mol. The van der Waals surface area contributed by atoms with E-state index in [-0.39, 0.29) is 0 Å². The number of rotatable bonds is 3. The highest BCUT2D eigenvalue weighted by Gasteiger charge is 1.98. The molecule has 0 saturated heterocycles. The predicted molar refractivity (Wildman–Crippen MR) is 67.8 cm³/mol. The van der Waals surface area contributed by atoms with Gasteiger partial charge in [-0.25, -0.2) is 0 Å². The molecule has 2 rings (SSSR count). The SMILES string of the molecule is Cc1cccc(SCc2ccc(Cl)nn2)c1. The molecule has 16 heavy (non-hydrogen) atoms. The summed E-state index contributed by atoms with van der Waals surface area (Å²) in [5, 5.41) is 8.26. The van der Waals surface area contributed by atoms with Gasteiger partial charge in [0.1, 0.15) is 0 Å². The van der Waals surface area contributed by atoms with Gasteiger partial charge in [-0.15, -0.1) is 16.9 Å². The molecule has 0 radical (unpaired) electrons. The van der Waals surface area contributed by atoms with Gasteiger partial charge in [0.05, 0.1) is 5.69 Å². The first-order valence-corrected chi connectivity index (χ1v) is 6.28. The normalized spacial score (nSPS) is 10.4. The molecule has 0 fully saturated rings. The number of benzene rings is 1. The summed E-state index contributed by atoms with van der Waals surface area (Å²) >= 11 is 7.42. The molecule has 2 nitrogen and oxygen atoms in total. The Kier molecular flexibility index (Phi) is 3.80. The van der Waals surface area contributed by atoms with Crippen LogP contribution >= 0.6 is 23.4 Å². The number of aryl methyl sites for hydroxylation is 1. The van der Waals surface area contributed by atoms with Gasteiger partial charge in [0.15, 0.2) is 5.15 Å². The van der Waals surface area contributed by atoms with Crippen LogP contribution in [0.1, 0.15) is 11.3 Å². The molecule has 1 aromatic carbocycles. The molecule has 0 N–H and O–H groups in total. The van der Waals surface area contributed by atoms with Crippen molar-refractivity contribution in [2.45, 2.75) is 17.6 Å². The van der Waals surface area contributed by atoms with Gasteiger partial charge >= 0.3 is 0 Å². The second-order valence-corrected chi connectivity index (χ2v) is 4.89. The third kappa shape index (κ3) is 3.22. The Morgan fingerprint density at radius 3 is 2.75 bits per heavy atom. The molecule has 0 aliphatic rings. The van der Waals surface area contributed by atoms with Gasteiger partial charge in [0, 0.05) is 10.6 Å². The summed E-state index contributed by atoms with van der Waals surface area (Å²) in [6.45, 7) is 2.09. The maximum atomic E-state index is 5.67. The lowest BCUT2D eigenvalue weighted by atomic mass is 10.2. The Hall–Kier alpha value is -1.06. The molecule has 0 bridgehead atoms. The van der Waals surface area contributed by atoms with Crippen molar-refractivity contribution in [2.75, 3.05) is 0 Å². The Morgan fingerprint density at radius 2 is 2.06 bits per heavy atom. The Bertz CT molecular complexity index is 471. The predicted octanol–water partition coefficient (Wildman–Crippen LogP) is 3.73. The Morgan fingerprint density at radius 1 is 1.19 bits per heavy atom. The number of hydrogen-bond acceptors (Lipinski definition) is 3. The molecule has 0 amide bonds. The number of aromatic nitrogens is 2. The summed E-state index contributed by atoms with van der Waals surface area (Å²) in [6, 6.07) is 12.1. The van der Waals surface area contributed by atoms with Crippen molar-refractivity contribution in [3.8, 4) is 0 Å². The van der Waals surface area contributed by atoms with E-state index in [1.165, 1.54) is 10.5 Å². The van der Waals surface area contributed by atoms with Crippen molar-refractivity contribution < 1.29 is 0 Å². The first kappa shape index (κ1) is 11.4. The molecule has 4 heteroatoms. The lowest BCUT2D eigenvalue weighted by molar-refractivity contribution is 0.971. The van der Waals surface area contributed by atoms with E-state index in [4.69, 9.17) is 11.6 Å². The molecule has 0 saturated carbocycles. The van der Waals surface area contributed by atoms with Crippen LogP contribution in [0.25, 0.3) is 0 Å². The van der Waals surface area contributed by atoms with Crippen molar-refractivity contribution in [1.29, 1.82) is 0 Å². The smallest absolute Gasteiger partial charge is 0.151 e. The maximum Gasteiger partial charge on any atom is 0.151 e. The molecule has 0 atom stereocenters. The van der Waals surface area contributed by atoms with E-state index in [1.807, 2.05) is 6.07 Å². The molecule has 2 aromatic rings. The molecular formula is C12H11ClN2S. The van der Waals surface area contributed by atoms with Crippen molar-refractivity contribution >= 4 is 23.4 Å². The molecule has 0 aliphatic carbocycles. The number of thioether (sulfide) groups is 1. The first-order chi connectivity index (χ1) is 7.74. The van der Waals surface area contributed by atoms with Crippen LogP contribution in [-0.4, -0.2) is 10.2 Å². The van der Waals surface area contributed by atoms with E-state index in [0.29, 0.717) is 5.15 Å². The summed E-state index contributed by atoms with van der Waals surface area (Å²) in [5.74, 6) is 0.813. The minimum atomic E-state index is 0.435. The zero-order valence-electron chi connectivity index (χ0n) is 8.85. The average molecular weight is 251 g/mol. The van der Waals surface area contributed by atoms with Gasteiger partial charge in [-0.3, -0.25) is 0 Å². The van der Waals surface area contributed by atoms with Gasteiger partial charge in [0.2, 0.25) is 0 Å². The zero-order valence-corrected chi connectivity index (χ0v) is 10.4. The Labute approximate surface area is 104 Å². The van der Waals surface area contributed by atoms with E-state index in [1.54, 1.807) is 17.8 Å². The second-order valence-electron chi connectivity index (χ2n) is 3.45. The van der Waals surface area contributed by atoms with Crippen LogP contribution in [0.15, 0.2) is 41.3 Å². The van der Waals surface area contributed by atoms with Crippen molar-refractivity contribution in [3.05, 3.63) is 52.8 Å². The van der Waals surface area contributed by atoms with Crippen LogP contribution in [0.3, 0.4) is 0 Å². The minimum Gasteiger partial charge on any atom is -0.153 e. The fourth-order valence-corrected chi connectivity index (χ4v) is 2.30. The quantitative estimate of drug-likeness (QED) is 0.777. The van der Waals surface area contributed by atoms with Crippen molar-refractivity contribution in [1.82, 2.24) is 10.2 Å². The fourth-order valence-electron chi connectivity index (χ4n) is 1.28. The third-order valence-corrected chi connectivity index (χ3v) is 3.29. The van der Waals surface area contributed by atoms with Crippen LogP contribution in [-0.2, 0) is 5.75 Å². The number of nitrogens with zero attached hydrogens (tertiary/aromatic N) is 2. The standard InChI is InChI=1S/C12H11ClN2S/c1-9-3-2-4-11(7-9)16-8-10-5-6-12(13)15-14-10/h2-7H,8H2,1H3. The topological polar surface area (TPSA) is 25.8 Å². The van der Waals surface area contributed by atoms with Gasteiger partial charge in [-0.2, -0.15) is 5.10 Å². The van der Waals surface area contributed by atoms with Gasteiger partial charge in [-0.05, 0) is 31.2 Å². The lowest BCUT2D eigenvalue weighted by Gasteiger charge is -2.01.